The van der Waals surface area contributed by atoms with Crippen molar-refractivity contribution in [2.75, 3.05) is 6.61 Å². The highest BCUT2D eigenvalue weighted by Gasteiger charge is 2.37. The molecule has 1 fully saturated rings. The zero-order chi connectivity index (χ0) is 9.84. The maximum absolute atomic E-state index is 11.3. The van der Waals surface area contributed by atoms with Crippen LogP contribution in [0, 0.1) is 11.8 Å². The molecule has 2 atom stereocenters. The van der Waals surface area contributed by atoms with Crippen molar-refractivity contribution in [3.05, 3.63) is 0 Å². The van der Waals surface area contributed by atoms with Crippen molar-refractivity contribution in [3.8, 4) is 0 Å². The molecule has 0 radical (unpaired) electrons. The predicted octanol–water partition coefficient (Wildman–Crippen LogP) is 1.73. The van der Waals surface area contributed by atoms with Crippen LogP contribution < -0.4 is 0 Å². The SMILES string of the molecule is CCOC(=O)[C@@H]1CCC[C@H]1C(=O)Cl. The van der Waals surface area contributed by atoms with Crippen LogP contribution in [0.3, 0.4) is 0 Å². The zero-order valence-corrected chi connectivity index (χ0v) is 8.34. The molecule has 0 aliphatic heterocycles. The molecule has 0 unspecified atom stereocenters. The summed E-state index contributed by atoms with van der Waals surface area (Å²) in [5.74, 6) is -0.898. The molecule has 13 heavy (non-hydrogen) atoms. The highest BCUT2D eigenvalue weighted by molar-refractivity contribution is 6.64. The first kappa shape index (κ1) is 10.5. The second-order valence-corrected chi connectivity index (χ2v) is 3.57. The summed E-state index contributed by atoms with van der Waals surface area (Å²) in [6.07, 6.45) is 2.32. The van der Waals surface area contributed by atoms with E-state index in [2.05, 4.69) is 0 Å². The summed E-state index contributed by atoms with van der Waals surface area (Å²) in [6, 6.07) is 0. The van der Waals surface area contributed by atoms with Crippen LogP contribution in [0.25, 0.3) is 0 Å². The molecule has 1 rings (SSSR count). The first-order valence-corrected chi connectivity index (χ1v) is 4.90. The quantitative estimate of drug-likeness (QED) is 0.520. The maximum Gasteiger partial charge on any atom is 0.309 e. The standard InChI is InChI=1S/C9H13ClO3/c1-2-13-9(12)7-5-3-4-6(7)8(10)11/h6-7H,2-5H2,1H3/t6-,7-/m1/s1. The van der Waals surface area contributed by atoms with E-state index >= 15 is 0 Å². The zero-order valence-electron chi connectivity index (χ0n) is 7.59. The van der Waals surface area contributed by atoms with Gasteiger partial charge in [-0.2, -0.15) is 0 Å². The Morgan fingerprint density at radius 2 is 2.00 bits per heavy atom. The summed E-state index contributed by atoms with van der Waals surface area (Å²) < 4.78 is 4.86. The molecule has 0 aromatic carbocycles. The van der Waals surface area contributed by atoms with Gasteiger partial charge in [0.2, 0.25) is 5.24 Å². The fraction of sp³-hybridized carbons (Fsp3) is 0.778. The molecule has 1 saturated carbocycles. The van der Waals surface area contributed by atoms with Gasteiger partial charge in [-0.25, -0.2) is 0 Å². The Morgan fingerprint density at radius 1 is 1.38 bits per heavy atom. The van der Waals surface area contributed by atoms with Gasteiger partial charge in [-0.05, 0) is 31.4 Å². The van der Waals surface area contributed by atoms with Gasteiger partial charge in [0, 0.05) is 5.92 Å². The molecule has 3 nitrogen and oxygen atoms in total. The third-order valence-corrected chi connectivity index (χ3v) is 2.68. The van der Waals surface area contributed by atoms with Crippen molar-refractivity contribution in [2.45, 2.75) is 26.2 Å². The second-order valence-electron chi connectivity index (χ2n) is 3.20. The Bertz CT molecular complexity index is 215. The lowest BCUT2D eigenvalue weighted by Crippen LogP contribution is -2.24. The van der Waals surface area contributed by atoms with Crippen LogP contribution >= 0.6 is 11.6 Å². The molecule has 0 N–H and O–H groups in total. The lowest BCUT2D eigenvalue weighted by molar-refractivity contribution is -0.150. The van der Waals surface area contributed by atoms with Crippen molar-refractivity contribution in [2.24, 2.45) is 11.8 Å². The summed E-state index contributed by atoms with van der Waals surface area (Å²) >= 11 is 5.38. The summed E-state index contributed by atoms with van der Waals surface area (Å²) in [5.41, 5.74) is 0. The third kappa shape index (κ3) is 2.44. The van der Waals surface area contributed by atoms with Gasteiger partial charge < -0.3 is 4.74 Å². The lowest BCUT2D eigenvalue weighted by Gasteiger charge is -2.13. The molecular weight excluding hydrogens is 192 g/mol. The summed E-state index contributed by atoms with van der Waals surface area (Å²) in [7, 11) is 0. The number of carbonyl (C=O) groups is 2. The van der Waals surface area contributed by atoms with Gasteiger partial charge in [0.25, 0.3) is 0 Å². The Morgan fingerprint density at radius 3 is 2.54 bits per heavy atom. The Hall–Kier alpha value is -0.570. The molecule has 4 heteroatoms. The minimum atomic E-state index is -0.407. The van der Waals surface area contributed by atoms with Crippen LogP contribution in [0.15, 0.2) is 0 Å². The average Bonchev–Trinajstić information content (AvgIpc) is 2.52. The molecule has 0 spiro atoms. The molecule has 1 aliphatic carbocycles. The summed E-state index contributed by atoms with van der Waals surface area (Å²) in [6.45, 7) is 2.11. The fourth-order valence-corrected chi connectivity index (χ4v) is 2.02. The molecule has 0 aromatic rings. The smallest absolute Gasteiger partial charge is 0.309 e. The average molecular weight is 205 g/mol. The molecule has 1 aliphatic rings. The monoisotopic (exact) mass is 204 g/mol. The molecule has 0 amide bonds. The van der Waals surface area contributed by atoms with Crippen molar-refractivity contribution in [3.63, 3.8) is 0 Å². The predicted molar refractivity (Wildman–Crippen MR) is 48.3 cm³/mol. The van der Waals surface area contributed by atoms with Crippen LogP contribution in [-0.2, 0) is 14.3 Å². The topological polar surface area (TPSA) is 43.4 Å². The Kier molecular flexibility index (Phi) is 3.72. The van der Waals surface area contributed by atoms with Crippen LogP contribution in [0.1, 0.15) is 26.2 Å². The Labute approximate surface area is 82.4 Å². The molecular formula is C9H13ClO3. The summed E-state index contributed by atoms with van der Waals surface area (Å²) in [4.78, 5) is 22.2. The van der Waals surface area contributed by atoms with Crippen molar-refractivity contribution in [1.29, 1.82) is 0 Å². The van der Waals surface area contributed by atoms with E-state index < -0.39 is 5.24 Å². The van der Waals surface area contributed by atoms with Crippen LogP contribution in [0.5, 0.6) is 0 Å². The van der Waals surface area contributed by atoms with Crippen molar-refractivity contribution in [1.82, 2.24) is 0 Å². The third-order valence-electron chi connectivity index (χ3n) is 2.40. The van der Waals surface area contributed by atoms with Gasteiger partial charge in [0.05, 0.1) is 12.5 Å². The van der Waals surface area contributed by atoms with Crippen LogP contribution in [-0.4, -0.2) is 17.8 Å². The van der Waals surface area contributed by atoms with Crippen molar-refractivity contribution < 1.29 is 14.3 Å². The highest BCUT2D eigenvalue weighted by Crippen LogP contribution is 2.34. The largest absolute Gasteiger partial charge is 0.466 e. The first-order valence-electron chi connectivity index (χ1n) is 4.52. The van der Waals surface area contributed by atoms with Gasteiger partial charge in [0.15, 0.2) is 0 Å². The van der Waals surface area contributed by atoms with E-state index in [4.69, 9.17) is 16.3 Å². The second kappa shape index (κ2) is 4.61. The first-order chi connectivity index (χ1) is 6.16. The number of esters is 1. The van der Waals surface area contributed by atoms with Crippen molar-refractivity contribution >= 4 is 22.8 Å². The van der Waals surface area contributed by atoms with Crippen LogP contribution in [0.4, 0.5) is 0 Å². The van der Waals surface area contributed by atoms with Gasteiger partial charge in [-0.1, -0.05) is 6.42 Å². The van der Waals surface area contributed by atoms with Gasteiger partial charge in [-0.15, -0.1) is 0 Å². The normalized spacial score (nSPS) is 27.2. The Balaban J connectivity index is 2.57. The molecule has 0 bridgehead atoms. The van der Waals surface area contributed by atoms with Crippen LogP contribution in [0.2, 0.25) is 0 Å². The minimum absolute atomic E-state index is 0.279. The summed E-state index contributed by atoms with van der Waals surface area (Å²) in [5, 5.41) is -0.407. The highest BCUT2D eigenvalue weighted by atomic mass is 35.5. The molecule has 0 aromatic heterocycles. The number of hydrogen-bond donors (Lipinski definition) is 0. The number of carbonyl (C=O) groups excluding carboxylic acids is 2. The lowest BCUT2D eigenvalue weighted by atomic mass is 9.98. The minimum Gasteiger partial charge on any atom is -0.466 e. The van der Waals surface area contributed by atoms with Gasteiger partial charge in [-0.3, -0.25) is 9.59 Å². The van der Waals surface area contributed by atoms with E-state index in [0.29, 0.717) is 13.0 Å². The van der Waals surface area contributed by atoms with E-state index in [1.54, 1.807) is 6.92 Å². The number of ether oxygens (including phenoxy) is 1. The van der Waals surface area contributed by atoms with E-state index in [1.807, 2.05) is 0 Å². The maximum atomic E-state index is 11.3. The number of halogens is 1. The van der Waals surface area contributed by atoms with E-state index in [-0.39, 0.29) is 17.8 Å². The van der Waals surface area contributed by atoms with E-state index in [1.165, 1.54) is 0 Å². The fourth-order valence-electron chi connectivity index (χ4n) is 1.76. The van der Waals surface area contributed by atoms with Gasteiger partial charge >= 0.3 is 5.97 Å². The van der Waals surface area contributed by atoms with E-state index in [0.717, 1.165) is 12.8 Å². The molecule has 0 heterocycles. The van der Waals surface area contributed by atoms with E-state index in [9.17, 15) is 9.59 Å². The molecule has 0 saturated heterocycles. The number of hydrogen-bond acceptors (Lipinski definition) is 3. The molecule has 74 valence electrons. The van der Waals surface area contributed by atoms with Gasteiger partial charge in [0.1, 0.15) is 0 Å². The number of rotatable bonds is 3.